The fourth-order valence-corrected chi connectivity index (χ4v) is 4.13. The van der Waals surface area contributed by atoms with Gasteiger partial charge in [-0.05, 0) is 48.5 Å². The molecule has 0 spiro atoms. The Balaban J connectivity index is 2.13. The van der Waals surface area contributed by atoms with E-state index in [2.05, 4.69) is 8.80 Å². The molecule has 0 fully saturated rings. The molecule has 2 rings (SSSR count). The summed E-state index contributed by atoms with van der Waals surface area (Å²) in [5.41, 5.74) is 0. The minimum atomic E-state index is -3.93. The van der Waals surface area contributed by atoms with Gasteiger partial charge in [0.25, 0.3) is 20.0 Å². The van der Waals surface area contributed by atoms with Crippen LogP contribution in [-0.2, 0) is 20.0 Å². The third-order valence-electron chi connectivity index (χ3n) is 3.10. The minimum absolute atomic E-state index is 0.0775. The topological polar surface area (TPSA) is 102 Å². The van der Waals surface area contributed by atoms with Crippen LogP contribution < -0.4 is 4.74 Å². The number of alkyl halides is 4. The summed E-state index contributed by atoms with van der Waals surface area (Å²) in [6, 6.07) is 10.8. The average molecular weight is 518 g/mol. The zero-order valence-electron chi connectivity index (χ0n) is 14.2. The van der Waals surface area contributed by atoms with E-state index in [1.165, 1.54) is 48.5 Å². The van der Waals surface area contributed by atoms with E-state index >= 15 is 0 Å². The molecule has 0 amide bonds. The highest BCUT2D eigenvalue weighted by Crippen LogP contribution is 2.25. The number of hydrogen-bond donors (Lipinski definition) is 0. The molecule has 2 aromatic rings. The Bertz CT molecular complexity index is 1010. The van der Waals surface area contributed by atoms with E-state index in [4.69, 9.17) is 51.1 Å². The zero-order chi connectivity index (χ0) is 21.7. The van der Waals surface area contributed by atoms with Gasteiger partial charge in [0.15, 0.2) is 0 Å². The quantitative estimate of drug-likeness (QED) is 0.376. The first-order valence-electron chi connectivity index (χ1n) is 7.55. The minimum Gasteiger partial charge on any atom is -0.457 e. The van der Waals surface area contributed by atoms with Gasteiger partial charge in [-0.3, -0.25) is 0 Å². The van der Waals surface area contributed by atoms with Gasteiger partial charge < -0.3 is 4.74 Å². The van der Waals surface area contributed by atoms with Gasteiger partial charge in [0.05, 0.1) is 22.2 Å². The number of rotatable bonds is 8. The van der Waals surface area contributed by atoms with Crippen molar-refractivity contribution in [3.8, 4) is 11.5 Å². The second kappa shape index (κ2) is 10.1. The summed E-state index contributed by atoms with van der Waals surface area (Å²) in [6.45, 7) is 0. The van der Waals surface area contributed by atoms with Crippen molar-refractivity contribution in [2.24, 2.45) is 8.80 Å². The molecular formula is C16H12Cl4N2O5S2. The van der Waals surface area contributed by atoms with E-state index in [9.17, 15) is 16.8 Å². The third-order valence-corrected chi connectivity index (χ3v) is 6.09. The van der Waals surface area contributed by atoms with Crippen molar-refractivity contribution in [3.63, 3.8) is 0 Å². The molecule has 7 nitrogen and oxygen atoms in total. The summed E-state index contributed by atoms with van der Waals surface area (Å²) in [5, 5.41) is 0. The Morgan fingerprint density at radius 1 is 0.655 bits per heavy atom. The summed E-state index contributed by atoms with van der Waals surface area (Å²) < 4.78 is 60.2. The molecule has 156 valence electrons. The number of hydrogen-bond acceptors (Lipinski definition) is 5. The summed E-state index contributed by atoms with van der Waals surface area (Å²) in [7, 11) is -7.87. The Labute approximate surface area is 188 Å². The van der Waals surface area contributed by atoms with Gasteiger partial charge in [-0.1, -0.05) is 46.4 Å². The molecule has 0 aromatic heterocycles. The summed E-state index contributed by atoms with van der Waals surface area (Å²) in [4.78, 5) is -2.25. The van der Waals surface area contributed by atoms with Crippen LogP contribution in [0.2, 0.25) is 0 Å². The Kier molecular flexibility index (Phi) is 8.33. The number of halogens is 4. The number of sulfonamides is 2. The molecule has 13 heteroatoms. The van der Waals surface area contributed by atoms with E-state index < -0.39 is 29.7 Å². The third kappa shape index (κ3) is 7.44. The first-order valence-corrected chi connectivity index (χ1v) is 12.2. The first-order chi connectivity index (χ1) is 13.5. The lowest BCUT2D eigenvalue weighted by Crippen LogP contribution is -2.00. The zero-order valence-corrected chi connectivity index (χ0v) is 18.8. The molecule has 0 heterocycles. The Morgan fingerprint density at radius 2 is 0.966 bits per heavy atom. The first kappa shape index (κ1) is 23.9. The van der Waals surface area contributed by atoms with Crippen molar-refractivity contribution in [2.75, 3.05) is 0 Å². The van der Waals surface area contributed by atoms with Crippen LogP contribution in [0, 0.1) is 0 Å². The molecule has 0 N–H and O–H groups in total. The number of nitrogens with zero attached hydrogens (tertiary/aromatic N) is 2. The molecule has 29 heavy (non-hydrogen) atoms. The molecule has 0 aliphatic heterocycles. The fraction of sp³-hybridized carbons (Fsp3) is 0.125. The van der Waals surface area contributed by atoms with Crippen molar-refractivity contribution in [2.45, 2.75) is 19.5 Å². The predicted molar refractivity (Wildman–Crippen MR) is 115 cm³/mol. The predicted octanol–water partition coefficient (Wildman–Crippen LogP) is 4.61. The molecule has 0 saturated carbocycles. The van der Waals surface area contributed by atoms with E-state index in [1.54, 1.807) is 0 Å². The second-order valence-electron chi connectivity index (χ2n) is 5.17. The molecule has 0 atom stereocenters. The summed E-state index contributed by atoms with van der Waals surface area (Å²) in [5.74, 6) is 0.641. The maximum Gasteiger partial charge on any atom is 0.282 e. The van der Waals surface area contributed by atoms with E-state index in [-0.39, 0.29) is 9.79 Å². The lowest BCUT2D eigenvalue weighted by Gasteiger charge is -2.07. The second-order valence-corrected chi connectivity index (χ2v) is 10.8. The molecular weight excluding hydrogens is 506 g/mol. The molecule has 0 saturated heterocycles. The van der Waals surface area contributed by atoms with Crippen LogP contribution in [0.5, 0.6) is 11.5 Å². The lowest BCUT2D eigenvalue weighted by atomic mass is 10.3. The smallest absolute Gasteiger partial charge is 0.282 e. The van der Waals surface area contributed by atoms with Gasteiger partial charge in [0.1, 0.15) is 21.2 Å². The highest BCUT2D eigenvalue weighted by Gasteiger charge is 2.14. The maximum atomic E-state index is 12.0. The van der Waals surface area contributed by atoms with Crippen molar-refractivity contribution >= 4 is 78.9 Å². The number of ether oxygens (including phenoxy) is 1. The monoisotopic (exact) mass is 516 g/mol. The van der Waals surface area contributed by atoms with E-state index in [0.29, 0.717) is 11.5 Å². The van der Waals surface area contributed by atoms with Gasteiger partial charge in [0, 0.05) is 0 Å². The van der Waals surface area contributed by atoms with Gasteiger partial charge in [-0.25, -0.2) is 0 Å². The average Bonchev–Trinajstić information content (AvgIpc) is 2.66. The molecule has 0 aliphatic carbocycles. The van der Waals surface area contributed by atoms with Gasteiger partial charge >= 0.3 is 0 Å². The van der Waals surface area contributed by atoms with Crippen molar-refractivity contribution in [1.29, 1.82) is 0 Å². The summed E-state index contributed by atoms with van der Waals surface area (Å²) in [6.07, 6.45) is 1.78. The molecule has 2 aromatic carbocycles. The van der Waals surface area contributed by atoms with Crippen LogP contribution in [0.3, 0.4) is 0 Å². The van der Waals surface area contributed by atoms with Crippen LogP contribution in [0.1, 0.15) is 0 Å². The highest BCUT2D eigenvalue weighted by molar-refractivity contribution is 7.90. The van der Waals surface area contributed by atoms with Crippen molar-refractivity contribution < 1.29 is 21.6 Å². The van der Waals surface area contributed by atoms with Crippen LogP contribution in [-0.4, -0.2) is 38.9 Å². The number of benzene rings is 2. The van der Waals surface area contributed by atoms with E-state index in [0.717, 1.165) is 12.4 Å². The standard InChI is InChI=1S/C16H12Cl4N2O5S2/c17-15(18)9-21-28(23,24)13-5-1-11(2-6-13)27-12-3-7-14(8-4-12)29(25,26)22-10-16(19)20/h1-10,15-16H. The fourth-order valence-electron chi connectivity index (χ4n) is 1.87. The molecule has 0 bridgehead atoms. The van der Waals surface area contributed by atoms with Crippen LogP contribution >= 0.6 is 46.4 Å². The largest absolute Gasteiger partial charge is 0.457 e. The van der Waals surface area contributed by atoms with Crippen molar-refractivity contribution in [3.05, 3.63) is 48.5 Å². The van der Waals surface area contributed by atoms with Crippen LogP contribution in [0.4, 0.5) is 0 Å². The Hall–Kier alpha value is -1.36. The van der Waals surface area contributed by atoms with E-state index in [1.807, 2.05) is 0 Å². The van der Waals surface area contributed by atoms with Gasteiger partial charge in [-0.15, -0.1) is 0 Å². The molecule has 0 aliphatic rings. The van der Waals surface area contributed by atoms with Crippen LogP contribution in [0.25, 0.3) is 0 Å². The maximum absolute atomic E-state index is 12.0. The Morgan fingerprint density at radius 3 is 1.24 bits per heavy atom. The molecule has 0 radical (unpaired) electrons. The van der Waals surface area contributed by atoms with Crippen molar-refractivity contribution in [1.82, 2.24) is 0 Å². The molecule has 0 unspecified atom stereocenters. The van der Waals surface area contributed by atoms with Gasteiger partial charge in [0.2, 0.25) is 0 Å². The van der Waals surface area contributed by atoms with Gasteiger partial charge in [-0.2, -0.15) is 25.6 Å². The normalized spacial score (nSPS) is 13.0. The van der Waals surface area contributed by atoms with Crippen LogP contribution in [0.15, 0.2) is 67.1 Å². The lowest BCUT2D eigenvalue weighted by molar-refractivity contribution is 0.481. The SMILES string of the molecule is O=S(=O)(N=CC(Cl)Cl)c1ccc(Oc2ccc(S(=O)(=O)N=CC(Cl)Cl)cc2)cc1. The highest BCUT2D eigenvalue weighted by atomic mass is 35.5. The summed E-state index contributed by atoms with van der Waals surface area (Å²) >= 11 is 21.7.